The average molecular weight is 259 g/mol. The summed E-state index contributed by atoms with van der Waals surface area (Å²) in [5.74, 6) is 0.389. The van der Waals surface area contributed by atoms with Crippen LogP contribution in [0.25, 0.3) is 11.3 Å². The third-order valence-electron chi connectivity index (χ3n) is 2.86. The number of hydrogen-bond acceptors (Lipinski definition) is 4. The highest BCUT2D eigenvalue weighted by atomic mass is 16.5. The Morgan fingerprint density at radius 1 is 1.37 bits per heavy atom. The van der Waals surface area contributed by atoms with Gasteiger partial charge in [0.05, 0.1) is 0 Å². The van der Waals surface area contributed by atoms with Crippen molar-refractivity contribution in [2.24, 2.45) is 0 Å². The van der Waals surface area contributed by atoms with Gasteiger partial charge in [-0.15, -0.1) is 0 Å². The van der Waals surface area contributed by atoms with Crippen molar-refractivity contribution < 1.29 is 9.32 Å². The van der Waals surface area contributed by atoms with Crippen LogP contribution in [0, 0.1) is 6.92 Å². The number of hydrogen-bond donors (Lipinski definition) is 1. The van der Waals surface area contributed by atoms with E-state index in [1.165, 1.54) is 0 Å². The number of aromatic nitrogens is 2. The normalized spacial score (nSPS) is 10.4. The van der Waals surface area contributed by atoms with Gasteiger partial charge in [-0.3, -0.25) is 9.78 Å². The molecule has 100 valence electrons. The zero-order valence-corrected chi connectivity index (χ0v) is 11.1. The van der Waals surface area contributed by atoms with Gasteiger partial charge in [0.15, 0.2) is 0 Å². The first kappa shape index (κ1) is 13.3. The molecule has 1 amide bonds. The summed E-state index contributed by atoms with van der Waals surface area (Å²) in [7, 11) is 0. The van der Waals surface area contributed by atoms with E-state index in [4.69, 9.17) is 4.52 Å². The molecule has 0 unspecified atom stereocenters. The molecule has 0 saturated carbocycles. The van der Waals surface area contributed by atoms with Gasteiger partial charge in [0.25, 0.3) is 5.91 Å². The summed E-state index contributed by atoms with van der Waals surface area (Å²) in [6.07, 6.45) is 5.33. The van der Waals surface area contributed by atoms with Gasteiger partial charge in [-0.1, -0.05) is 18.5 Å². The number of rotatable bonds is 5. The van der Waals surface area contributed by atoms with Gasteiger partial charge < -0.3 is 9.84 Å². The van der Waals surface area contributed by atoms with Crippen molar-refractivity contribution >= 4 is 5.91 Å². The number of aryl methyl sites for hydroxylation is 1. The van der Waals surface area contributed by atoms with Crippen LogP contribution in [-0.4, -0.2) is 22.6 Å². The molecule has 0 bridgehead atoms. The Hall–Kier alpha value is -2.17. The minimum Gasteiger partial charge on any atom is -0.360 e. The zero-order chi connectivity index (χ0) is 13.7. The first-order valence-corrected chi connectivity index (χ1v) is 6.39. The van der Waals surface area contributed by atoms with Crippen LogP contribution in [0.4, 0.5) is 0 Å². The molecule has 0 radical (unpaired) electrons. The fourth-order valence-electron chi connectivity index (χ4n) is 1.81. The monoisotopic (exact) mass is 259 g/mol. The standard InChI is InChI=1S/C14H17N3O2/c1-3-4-7-16-14(18)12-10(2)19-17-13(12)11-5-8-15-9-6-11/h5-6,8-9H,3-4,7H2,1-2H3,(H,16,18). The van der Waals surface area contributed by atoms with Gasteiger partial charge in [-0.05, 0) is 25.5 Å². The van der Waals surface area contributed by atoms with Crippen LogP contribution in [0.15, 0.2) is 29.0 Å². The molecule has 1 N–H and O–H groups in total. The van der Waals surface area contributed by atoms with Crippen LogP contribution in [0.1, 0.15) is 35.9 Å². The molecule has 0 saturated heterocycles. The topological polar surface area (TPSA) is 68.0 Å². The maximum atomic E-state index is 12.2. The lowest BCUT2D eigenvalue weighted by Crippen LogP contribution is -2.25. The summed E-state index contributed by atoms with van der Waals surface area (Å²) < 4.78 is 5.15. The molecule has 2 aromatic rings. The maximum Gasteiger partial charge on any atom is 0.257 e. The molecule has 0 aromatic carbocycles. The van der Waals surface area contributed by atoms with E-state index >= 15 is 0 Å². The van der Waals surface area contributed by atoms with Crippen LogP contribution in [0.3, 0.4) is 0 Å². The number of unbranched alkanes of at least 4 members (excludes halogenated alkanes) is 1. The van der Waals surface area contributed by atoms with Crippen molar-refractivity contribution in [3.05, 3.63) is 35.9 Å². The number of nitrogens with zero attached hydrogens (tertiary/aromatic N) is 2. The van der Waals surface area contributed by atoms with Crippen molar-refractivity contribution in [3.8, 4) is 11.3 Å². The largest absolute Gasteiger partial charge is 0.360 e. The first-order chi connectivity index (χ1) is 9.24. The summed E-state index contributed by atoms with van der Waals surface area (Å²) >= 11 is 0. The van der Waals surface area contributed by atoms with E-state index in [1.807, 2.05) is 0 Å². The molecule has 0 aliphatic rings. The molecule has 2 aromatic heterocycles. The average Bonchev–Trinajstić information content (AvgIpc) is 2.82. The second-order valence-electron chi connectivity index (χ2n) is 4.31. The van der Waals surface area contributed by atoms with E-state index in [1.54, 1.807) is 31.5 Å². The van der Waals surface area contributed by atoms with Crippen molar-refractivity contribution in [2.45, 2.75) is 26.7 Å². The third-order valence-corrected chi connectivity index (χ3v) is 2.86. The number of nitrogens with one attached hydrogen (secondary N) is 1. The van der Waals surface area contributed by atoms with Crippen LogP contribution >= 0.6 is 0 Å². The minimum absolute atomic E-state index is 0.140. The van der Waals surface area contributed by atoms with E-state index in [0.717, 1.165) is 18.4 Å². The summed E-state index contributed by atoms with van der Waals surface area (Å²) in [5.41, 5.74) is 1.89. The van der Waals surface area contributed by atoms with E-state index in [-0.39, 0.29) is 5.91 Å². The molecule has 0 atom stereocenters. The second-order valence-corrected chi connectivity index (χ2v) is 4.31. The Balaban J connectivity index is 2.25. The highest BCUT2D eigenvalue weighted by molar-refractivity contribution is 6.00. The second kappa shape index (κ2) is 6.13. The van der Waals surface area contributed by atoms with Gasteiger partial charge in [-0.2, -0.15) is 0 Å². The molecule has 2 rings (SSSR count). The van der Waals surface area contributed by atoms with Gasteiger partial charge in [-0.25, -0.2) is 0 Å². The smallest absolute Gasteiger partial charge is 0.257 e. The van der Waals surface area contributed by atoms with Crippen molar-refractivity contribution in [3.63, 3.8) is 0 Å². The Morgan fingerprint density at radius 3 is 2.79 bits per heavy atom. The number of carbonyl (C=O) groups is 1. The molecule has 0 spiro atoms. The maximum absolute atomic E-state index is 12.2. The summed E-state index contributed by atoms with van der Waals surface area (Å²) in [6, 6.07) is 3.61. The van der Waals surface area contributed by atoms with Gasteiger partial charge in [0, 0.05) is 24.5 Å². The molecule has 2 heterocycles. The highest BCUT2D eigenvalue weighted by Gasteiger charge is 2.20. The Kier molecular flexibility index (Phi) is 4.28. The predicted molar refractivity (Wildman–Crippen MR) is 71.7 cm³/mol. The first-order valence-electron chi connectivity index (χ1n) is 6.39. The number of carbonyl (C=O) groups excluding carboxylic acids is 1. The van der Waals surface area contributed by atoms with Crippen LogP contribution < -0.4 is 5.32 Å². The lowest BCUT2D eigenvalue weighted by Gasteiger charge is -2.04. The number of pyridine rings is 1. The van der Waals surface area contributed by atoms with Crippen molar-refractivity contribution in [2.75, 3.05) is 6.54 Å². The van der Waals surface area contributed by atoms with E-state index in [0.29, 0.717) is 23.6 Å². The van der Waals surface area contributed by atoms with E-state index < -0.39 is 0 Å². The van der Waals surface area contributed by atoms with Gasteiger partial charge >= 0.3 is 0 Å². The number of amides is 1. The molecule has 5 heteroatoms. The summed E-state index contributed by atoms with van der Waals surface area (Å²) in [5, 5.41) is 6.85. The SMILES string of the molecule is CCCCNC(=O)c1c(-c2ccncc2)noc1C. The lowest BCUT2D eigenvalue weighted by molar-refractivity contribution is 0.0952. The minimum atomic E-state index is -0.140. The van der Waals surface area contributed by atoms with Gasteiger partial charge in [0.1, 0.15) is 17.0 Å². The molecular formula is C14H17N3O2. The lowest BCUT2D eigenvalue weighted by atomic mass is 10.1. The van der Waals surface area contributed by atoms with E-state index in [2.05, 4.69) is 22.4 Å². The molecule has 19 heavy (non-hydrogen) atoms. The molecule has 5 nitrogen and oxygen atoms in total. The Labute approximate surface area is 112 Å². The van der Waals surface area contributed by atoms with Crippen molar-refractivity contribution in [1.29, 1.82) is 0 Å². The third kappa shape index (κ3) is 2.99. The molecular weight excluding hydrogens is 242 g/mol. The van der Waals surface area contributed by atoms with Crippen LogP contribution in [0.2, 0.25) is 0 Å². The Bertz CT molecular complexity index is 549. The molecule has 0 fully saturated rings. The molecule has 0 aliphatic carbocycles. The van der Waals surface area contributed by atoms with Crippen LogP contribution in [-0.2, 0) is 0 Å². The van der Waals surface area contributed by atoms with E-state index in [9.17, 15) is 4.79 Å². The fourth-order valence-corrected chi connectivity index (χ4v) is 1.81. The quantitative estimate of drug-likeness (QED) is 0.838. The summed E-state index contributed by atoms with van der Waals surface area (Å²) in [6.45, 7) is 4.49. The van der Waals surface area contributed by atoms with Crippen LogP contribution in [0.5, 0.6) is 0 Å². The van der Waals surface area contributed by atoms with Crippen molar-refractivity contribution in [1.82, 2.24) is 15.5 Å². The summed E-state index contributed by atoms with van der Waals surface area (Å²) in [4.78, 5) is 16.1. The predicted octanol–water partition coefficient (Wildman–Crippen LogP) is 2.57. The highest BCUT2D eigenvalue weighted by Crippen LogP contribution is 2.24. The zero-order valence-electron chi connectivity index (χ0n) is 11.1. The Morgan fingerprint density at radius 2 is 2.11 bits per heavy atom. The fraction of sp³-hybridized carbons (Fsp3) is 0.357. The molecule has 0 aliphatic heterocycles. The van der Waals surface area contributed by atoms with Gasteiger partial charge in [0.2, 0.25) is 0 Å².